The van der Waals surface area contributed by atoms with Crippen LogP contribution in [0.3, 0.4) is 0 Å². The molecule has 17 heavy (non-hydrogen) atoms. The molecule has 0 fully saturated rings. The Morgan fingerprint density at radius 1 is 1.12 bits per heavy atom. The van der Waals surface area contributed by atoms with E-state index in [1.165, 1.54) is 4.68 Å². The molecule has 1 aromatic heterocycles. The molecule has 1 heterocycles. The maximum atomic E-state index is 12.2. The van der Waals surface area contributed by atoms with Gasteiger partial charge in [-0.2, -0.15) is 5.10 Å². The molecule has 0 spiro atoms. The van der Waals surface area contributed by atoms with Gasteiger partial charge in [-0.15, -0.1) is 0 Å². The molecule has 0 aliphatic rings. The first-order chi connectivity index (χ1) is 8.36. The third-order valence-electron chi connectivity index (χ3n) is 2.68. The minimum atomic E-state index is -0.136. The van der Waals surface area contributed by atoms with E-state index in [0.29, 0.717) is 5.56 Å². The molecule has 1 radical (unpaired) electrons. The van der Waals surface area contributed by atoms with E-state index in [0.717, 1.165) is 10.8 Å². The van der Waals surface area contributed by atoms with E-state index >= 15 is 0 Å². The van der Waals surface area contributed by atoms with Crippen LogP contribution in [0.4, 0.5) is 0 Å². The summed E-state index contributed by atoms with van der Waals surface area (Å²) in [6.07, 6.45) is 4.22. The third-order valence-corrected chi connectivity index (χ3v) is 2.68. The zero-order chi connectivity index (χ0) is 11.7. The molecule has 0 aliphatic heterocycles. The zero-order valence-electron chi connectivity index (χ0n) is 9.00. The number of rotatable bonds is 1. The summed E-state index contributed by atoms with van der Waals surface area (Å²) in [6.45, 7) is 0. The van der Waals surface area contributed by atoms with E-state index in [2.05, 4.69) is 11.3 Å². The fourth-order valence-corrected chi connectivity index (χ4v) is 1.88. The van der Waals surface area contributed by atoms with Gasteiger partial charge in [-0.25, -0.2) is 4.68 Å². The van der Waals surface area contributed by atoms with Gasteiger partial charge in [-0.05, 0) is 22.9 Å². The van der Waals surface area contributed by atoms with Gasteiger partial charge >= 0.3 is 0 Å². The predicted octanol–water partition coefficient (Wildman–Crippen LogP) is 2.52. The van der Waals surface area contributed by atoms with Crippen LogP contribution >= 0.6 is 0 Å². The molecular formula is C14H9N2O. The lowest BCUT2D eigenvalue weighted by Crippen LogP contribution is -2.12. The molecule has 3 aromatic rings. The van der Waals surface area contributed by atoms with Gasteiger partial charge < -0.3 is 0 Å². The molecule has 0 saturated carbocycles. The quantitative estimate of drug-likeness (QED) is 0.633. The summed E-state index contributed by atoms with van der Waals surface area (Å²) < 4.78 is 1.29. The highest BCUT2D eigenvalue weighted by atomic mass is 16.2. The number of hydrogen-bond donors (Lipinski definition) is 0. The first-order valence-corrected chi connectivity index (χ1v) is 5.30. The Bertz CT molecular complexity index is 666. The second kappa shape index (κ2) is 3.87. The number of carbonyl (C=O) groups excluding carboxylic acids is 1. The molecule has 0 N–H and O–H groups in total. The van der Waals surface area contributed by atoms with E-state index in [1.807, 2.05) is 42.5 Å². The van der Waals surface area contributed by atoms with Crippen molar-refractivity contribution in [3.05, 3.63) is 66.5 Å². The second-order valence-electron chi connectivity index (χ2n) is 3.72. The highest BCUT2D eigenvalue weighted by Crippen LogP contribution is 2.19. The van der Waals surface area contributed by atoms with Crippen molar-refractivity contribution in [2.24, 2.45) is 0 Å². The smallest absolute Gasteiger partial charge is 0.267 e. The van der Waals surface area contributed by atoms with Gasteiger partial charge in [0.05, 0.1) is 0 Å². The van der Waals surface area contributed by atoms with E-state index in [9.17, 15) is 4.79 Å². The van der Waals surface area contributed by atoms with Gasteiger partial charge in [0.1, 0.15) is 6.20 Å². The summed E-state index contributed by atoms with van der Waals surface area (Å²) in [7, 11) is 0. The minimum absolute atomic E-state index is 0.136. The first-order valence-electron chi connectivity index (χ1n) is 5.30. The summed E-state index contributed by atoms with van der Waals surface area (Å²) in [5, 5.41) is 5.83. The monoisotopic (exact) mass is 221 g/mol. The highest BCUT2D eigenvalue weighted by Gasteiger charge is 2.11. The minimum Gasteiger partial charge on any atom is -0.267 e. The topological polar surface area (TPSA) is 34.9 Å². The van der Waals surface area contributed by atoms with Gasteiger partial charge in [0.15, 0.2) is 0 Å². The van der Waals surface area contributed by atoms with Crippen LogP contribution in [0.5, 0.6) is 0 Å². The lowest BCUT2D eigenvalue weighted by Gasteiger charge is -2.05. The average molecular weight is 221 g/mol. The van der Waals surface area contributed by atoms with Crippen molar-refractivity contribution in [2.45, 2.75) is 0 Å². The summed E-state index contributed by atoms with van der Waals surface area (Å²) in [5.74, 6) is -0.136. The van der Waals surface area contributed by atoms with Gasteiger partial charge in [0.2, 0.25) is 0 Å². The normalized spacial score (nSPS) is 10.6. The number of fused-ring (bicyclic) bond motifs is 1. The lowest BCUT2D eigenvalue weighted by atomic mass is 10.0. The van der Waals surface area contributed by atoms with Gasteiger partial charge in [0, 0.05) is 11.8 Å². The number of aromatic nitrogens is 2. The Morgan fingerprint density at radius 3 is 2.76 bits per heavy atom. The zero-order valence-corrected chi connectivity index (χ0v) is 9.00. The van der Waals surface area contributed by atoms with E-state index in [1.54, 1.807) is 12.3 Å². The van der Waals surface area contributed by atoms with Crippen LogP contribution in [0.25, 0.3) is 10.8 Å². The van der Waals surface area contributed by atoms with Crippen molar-refractivity contribution in [2.75, 3.05) is 0 Å². The van der Waals surface area contributed by atoms with Gasteiger partial charge in [-0.1, -0.05) is 36.4 Å². The Kier molecular flexibility index (Phi) is 2.22. The molecule has 3 heteroatoms. The standard InChI is InChI=1S/C14H9N2O/c17-14(16-10-4-9-15-16)13-8-3-6-11-5-1-2-7-12(11)13/h1-8,10H. The van der Waals surface area contributed by atoms with Gasteiger partial charge in [-0.3, -0.25) is 4.79 Å². The number of nitrogens with zero attached hydrogens (tertiary/aromatic N) is 2. The Labute approximate surface area is 98.3 Å². The van der Waals surface area contributed by atoms with Crippen molar-refractivity contribution >= 4 is 16.7 Å². The summed E-state index contributed by atoms with van der Waals surface area (Å²) in [4.78, 5) is 12.2. The van der Waals surface area contributed by atoms with Crippen LogP contribution < -0.4 is 0 Å². The van der Waals surface area contributed by atoms with Crippen LogP contribution in [0.2, 0.25) is 0 Å². The third kappa shape index (κ3) is 1.61. The van der Waals surface area contributed by atoms with Gasteiger partial charge in [0.25, 0.3) is 5.91 Å². The summed E-state index contributed by atoms with van der Waals surface area (Å²) in [6, 6.07) is 15.1. The molecule has 3 nitrogen and oxygen atoms in total. The molecule has 0 aliphatic carbocycles. The molecule has 0 bridgehead atoms. The van der Waals surface area contributed by atoms with E-state index < -0.39 is 0 Å². The summed E-state index contributed by atoms with van der Waals surface area (Å²) >= 11 is 0. The van der Waals surface area contributed by atoms with Crippen LogP contribution in [0, 0.1) is 6.20 Å². The van der Waals surface area contributed by atoms with Crippen LogP contribution in [-0.2, 0) is 0 Å². The fraction of sp³-hybridized carbons (Fsp3) is 0. The Morgan fingerprint density at radius 2 is 1.94 bits per heavy atom. The largest absolute Gasteiger partial charge is 0.278 e. The molecule has 0 unspecified atom stereocenters. The molecule has 0 amide bonds. The van der Waals surface area contributed by atoms with Crippen molar-refractivity contribution < 1.29 is 4.79 Å². The molecular weight excluding hydrogens is 212 g/mol. The van der Waals surface area contributed by atoms with Crippen molar-refractivity contribution in [1.82, 2.24) is 9.78 Å². The number of carbonyl (C=O) groups is 1. The van der Waals surface area contributed by atoms with E-state index in [-0.39, 0.29) is 5.91 Å². The molecule has 81 valence electrons. The fourth-order valence-electron chi connectivity index (χ4n) is 1.88. The average Bonchev–Trinajstić information content (AvgIpc) is 2.91. The molecule has 0 atom stereocenters. The maximum absolute atomic E-state index is 12.2. The number of benzene rings is 2. The number of hydrogen-bond acceptors (Lipinski definition) is 2. The van der Waals surface area contributed by atoms with E-state index in [4.69, 9.17) is 0 Å². The van der Waals surface area contributed by atoms with Crippen molar-refractivity contribution in [1.29, 1.82) is 0 Å². The van der Waals surface area contributed by atoms with Crippen LogP contribution in [-0.4, -0.2) is 15.7 Å². The predicted molar refractivity (Wildman–Crippen MR) is 64.7 cm³/mol. The molecule has 3 rings (SSSR count). The van der Waals surface area contributed by atoms with Crippen LogP contribution in [0.1, 0.15) is 10.4 Å². The van der Waals surface area contributed by atoms with Crippen LogP contribution in [0.15, 0.2) is 54.7 Å². The SMILES string of the molecule is O=C(c1cccc2ccccc12)n1cc[c]n1. The summed E-state index contributed by atoms with van der Waals surface area (Å²) in [5.41, 5.74) is 0.653. The maximum Gasteiger partial charge on any atom is 0.278 e. The lowest BCUT2D eigenvalue weighted by molar-refractivity contribution is 0.0946. The first kappa shape index (κ1) is 9.78. The van der Waals surface area contributed by atoms with Crippen molar-refractivity contribution in [3.8, 4) is 0 Å². The molecule has 2 aromatic carbocycles. The Hall–Kier alpha value is -2.42. The van der Waals surface area contributed by atoms with Crippen molar-refractivity contribution in [3.63, 3.8) is 0 Å². The second-order valence-corrected chi connectivity index (χ2v) is 3.72. The Balaban J connectivity index is 2.21. The highest BCUT2D eigenvalue weighted by molar-refractivity contribution is 6.07. The molecule has 0 saturated heterocycles.